The highest BCUT2D eigenvalue weighted by Crippen LogP contribution is 2.67. The van der Waals surface area contributed by atoms with Gasteiger partial charge in [-0.15, -0.1) is 0 Å². The first-order chi connectivity index (χ1) is 8.51. The normalized spacial score (nSPS) is 49.7. The third-order valence-electron chi connectivity index (χ3n) is 6.86. The van der Waals surface area contributed by atoms with Crippen molar-refractivity contribution >= 4 is 0 Å². The van der Waals surface area contributed by atoms with Crippen LogP contribution in [0.4, 0.5) is 0 Å². The highest BCUT2D eigenvalue weighted by Gasteiger charge is 2.61. The maximum atomic E-state index is 6.71. The first kappa shape index (κ1) is 11.8. The summed E-state index contributed by atoms with van der Waals surface area (Å²) < 4.78 is 0. The standard InChI is InChI=1S/C17H29N/c1-11(2)15(17(18)3-4-17)16-8-12-5-13(9-16)7-14(6-12)10-16/h11-15H,3-10,18H2,1-2H3. The summed E-state index contributed by atoms with van der Waals surface area (Å²) in [7, 11) is 0. The van der Waals surface area contributed by atoms with Crippen molar-refractivity contribution in [2.75, 3.05) is 0 Å². The molecule has 5 saturated carbocycles. The van der Waals surface area contributed by atoms with Crippen molar-refractivity contribution in [3.63, 3.8) is 0 Å². The van der Waals surface area contributed by atoms with Gasteiger partial charge in [-0.2, -0.15) is 0 Å². The lowest BCUT2D eigenvalue weighted by atomic mass is 9.44. The molecule has 18 heavy (non-hydrogen) atoms. The molecule has 1 atom stereocenters. The van der Waals surface area contributed by atoms with Crippen molar-refractivity contribution in [3.05, 3.63) is 0 Å². The number of hydrogen-bond donors (Lipinski definition) is 1. The molecule has 1 heteroatoms. The fraction of sp³-hybridized carbons (Fsp3) is 1.00. The fourth-order valence-electron chi connectivity index (χ4n) is 6.99. The molecular formula is C17H29N. The Bertz CT molecular complexity index is 317. The monoisotopic (exact) mass is 247 g/mol. The van der Waals surface area contributed by atoms with E-state index in [2.05, 4.69) is 13.8 Å². The van der Waals surface area contributed by atoms with Crippen LogP contribution in [0.15, 0.2) is 0 Å². The van der Waals surface area contributed by atoms with E-state index >= 15 is 0 Å². The van der Waals surface area contributed by atoms with Crippen LogP contribution in [0.2, 0.25) is 0 Å². The first-order valence-corrected chi connectivity index (χ1v) is 8.30. The SMILES string of the molecule is CC(C)C(C1(N)CC1)C12CC3CC(CC(C3)C1)C2. The average molecular weight is 247 g/mol. The molecule has 102 valence electrons. The van der Waals surface area contributed by atoms with Crippen molar-refractivity contribution < 1.29 is 0 Å². The molecular weight excluding hydrogens is 218 g/mol. The van der Waals surface area contributed by atoms with Crippen LogP contribution in [0.3, 0.4) is 0 Å². The first-order valence-electron chi connectivity index (χ1n) is 8.30. The molecule has 0 heterocycles. The molecule has 4 bridgehead atoms. The summed E-state index contributed by atoms with van der Waals surface area (Å²) >= 11 is 0. The van der Waals surface area contributed by atoms with Gasteiger partial charge >= 0.3 is 0 Å². The zero-order chi connectivity index (χ0) is 12.5. The van der Waals surface area contributed by atoms with Gasteiger partial charge in [0.05, 0.1) is 0 Å². The highest BCUT2D eigenvalue weighted by atomic mass is 14.9. The Kier molecular flexibility index (Phi) is 2.31. The Morgan fingerprint density at radius 3 is 1.67 bits per heavy atom. The summed E-state index contributed by atoms with van der Waals surface area (Å²) in [5.41, 5.74) is 7.61. The van der Waals surface area contributed by atoms with Crippen LogP contribution in [0, 0.1) is 35.0 Å². The molecule has 0 amide bonds. The van der Waals surface area contributed by atoms with Crippen LogP contribution in [-0.4, -0.2) is 5.54 Å². The van der Waals surface area contributed by atoms with Crippen LogP contribution >= 0.6 is 0 Å². The van der Waals surface area contributed by atoms with E-state index in [0.29, 0.717) is 5.41 Å². The van der Waals surface area contributed by atoms with Gasteiger partial charge in [-0.1, -0.05) is 13.8 Å². The molecule has 2 N–H and O–H groups in total. The summed E-state index contributed by atoms with van der Waals surface area (Å²) in [4.78, 5) is 0. The van der Waals surface area contributed by atoms with E-state index in [9.17, 15) is 0 Å². The second-order valence-electron chi connectivity index (χ2n) is 8.73. The Morgan fingerprint density at radius 1 is 0.889 bits per heavy atom. The largest absolute Gasteiger partial charge is 0.325 e. The van der Waals surface area contributed by atoms with Crippen LogP contribution in [0.5, 0.6) is 0 Å². The Hall–Kier alpha value is -0.0400. The highest BCUT2D eigenvalue weighted by molar-refractivity contribution is 5.15. The molecule has 5 aliphatic rings. The molecule has 0 aliphatic heterocycles. The quantitative estimate of drug-likeness (QED) is 0.802. The zero-order valence-corrected chi connectivity index (χ0v) is 12.1. The van der Waals surface area contributed by atoms with E-state index in [-0.39, 0.29) is 5.54 Å². The lowest BCUT2D eigenvalue weighted by molar-refractivity contribution is -0.107. The lowest BCUT2D eigenvalue weighted by Gasteiger charge is -2.61. The van der Waals surface area contributed by atoms with E-state index < -0.39 is 0 Å². The van der Waals surface area contributed by atoms with Crippen LogP contribution < -0.4 is 5.73 Å². The van der Waals surface area contributed by atoms with Gasteiger partial charge in [0, 0.05) is 5.54 Å². The second kappa shape index (κ2) is 3.53. The third-order valence-corrected chi connectivity index (χ3v) is 6.86. The zero-order valence-electron chi connectivity index (χ0n) is 12.1. The summed E-state index contributed by atoms with van der Waals surface area (Å²) in [5, 5.41) is 0. The van der Waals surface area contributed by atoms with Crippen LogP contribution in [0.25, 0.3) is 0 Å². The predicted molar refractivity (Wildman–Crippen MR) is 75.1 cm³/mol. The molecule has 0 spiro atoms. The molecule has 0 radical (unpaired) electrons. The number of hydrogen-bond acceptors (Lipinski definition) is 1. The molecule has 1 unspecified atom stereocenters. The summed E-state index contributed by atoms with van der Waals surface area (Å²) in [6.07, 6.45) is 11.9. The van der Waals surface area contributed by atoms with Crippen LogP contribution in [0.1, 0.15) is 65.2 Å². The van der Waals surface area contributed by atoms with Gasteiger partial charge in [0.25, 0.3) is 0 Å². The number of rotatable bonds is 3. The molecule has 0 aromatic heterocycles. The smallest absolute Gasteiger partial charge is 0.0192 e. The maximum absolute atomic E-state index is 6.71. The van der Waals surface area contributed by atoms with Crippen molar-refractivity contribution in [1.29, 1.82) is 0 Å². The Morgan fingerprint density at radius 2 is 1.33 bits per heavy atom. The summed E-state index contributed by atoms with van der Waals surface area (Å²) in [6, 6.07) is 0. The fourth-order valence-corrected chi connectivity index (χ4v) is 6.99. The van der Waals surface area contributed by atoms with Gasteiger partial charge in [0.15, 0.2) is 0 Å². The van der Waals surface area contributed by atoms with Gasteiger partial charge in [0.2, 0.25) is 0 Å². The lowest BCUT2D eigenvalue weighted by Crippen LogP contribution is -2.56. The third kappa shape index (κ3) is 1.55. The minimum absolute atomic E-state index is 0.236. The van der Waals surface area contributed by atoms with E-state index in [0.717, 1.165) is 29.6 Å². The van der Waals surface area contributed by atoms with Gasteiger partial charge in [0.1, 0.15) is 0 Å². The van der Waals surface area contributed by atoms with E-state index in [1.807, 2.05) is 0 Å². The van der Waals surface area contributed by atoms with Crippen molar-refractivity contribution in [2.24, 2.45) is 40.7 Å². The minimum Gasteiger partial charge on any atom is -0.325 e. The Balaban J connectivity index is 1.69. The molecule has 5 rings (SSSR count). The average Bonchev–Trinajstić information content (AvgIpc) is 2.92. The van der Waals surface area contributed by atoms with Gasteiger partial charge in [-0.3, -0.25) is 0 Å². The van der Waals surface area contributed by atoms with Gasteiger partial charge in [-0.05, 0) is 86.4 Å². The molecule has 1 nitrogen and oxygen atoms in total. The topological polar surface area (TPSA) is 26.0 Å². The van der Waals surface area contributed by atoms with Gasteiger partial charge in [-0.25, -0.2) is 0 Å². The van der Waals surface area contributed by atoms with E-state index in [4.69, 9.17) is 5.73 Å². The summed E-state index contributed by atoms with van der Waals surface area (Å²) in [5.74, 6) is 4.81. The van der Waals surface area contributed by atoms with Crippen molar-refractivity contribution in [3.8, 4) is 0 Å². The minimum atomic E-state index is 0.236. The molecule has 0 aromatic carbocycles. The van der Waals surface area contributed by atoms with E-state index in [1.165, 1.54) is 32.1 Å². The van der Waals surface area contributed by atoms with Crippen LogP contribution in [-0.2, 0) is 0 Å². The summed E-state index contributed by atoms with van der Waals surface area (Å²) in [6.45, 7) is 4.88. The molecule has 0 saturated heterocycles. The van der Waals surface area contributed by atoms with Gasteiger partial charge < -0.3 is 5.73 Å². The molecule has 5 aliphatic carbocycles. The maximum Gasteiger partial charge on any atom is 0.0192 e. The molecule has 0 aromatic rings. The second-order valence-corrected chi connectivity index (χ2v) is 8.73. The molecule has 5 fully saturated rings. The van der Waals surface area contributed by atoms with E-state index in [1.54, 1.807) is 19.3 Å². The van der Waals surface area contributed by atoms with Crippen molar-refractivity contribution in [1.82, 2.24) is 0 Å². The Labute approximate surface area is 112 Å². The van der Waals surface area contributed by atoms with Crippen molar-refractivity contribution in [2.45, 2.75) is 70.8 Å². The predicted octanol–water partition coefficient (Wildman–Crippen LogP) is 3.97. The number of nitrogens with two attached hydrogens (primary N) is 1.